The van der Waals surface area contributed by atoms with Crippen LogP contribution >= 0.6 is 23.2 Å². The van der Waals surface area contributed by atoms with Crippen LogP contribution in [0.2, 0.25) is 10.0 Å². The van der Waals surface area contributed by atoms with E-state index >= 15 is 0 Å². The van der Waals surface area contributed by atoms with Crippen molar-refractivity contribution in [3.8, 4) is 0 Å². The number of H-pyrrole nitrogens is 1. The molecule has 13 heavy (non-hydrogen) atoms. The number of aryl methyl sites for hydroxylation is 2. The second-order valence-electron chi connectivity index (χ2n) is 2.90. The molecule has 0 radical (unpaired) electrons. The van der Waals surface area contributed by atoms with Gasteiger partial charge in [-0.25, -0.2) is 0 Å². The van der Waals surface area contributed by atoms with Crippen LogP contribution < -0.4 is 0 Å². The molecule has 0 unspecified atom stereocenters. The summed E-state index contributed by atoms with van der Waals surface area (Å²) in [5.41, 5.74) is 3.29. The summed E-state index contributed by atoms with van der Waals surface area (Å²) in [7, 11) is 0. The van der Waals surface area contributed by atoms with Gasteiger partial charge in [-0.1, -0.05) is 23.2 Å². The molecule has 2 rings (SSSR count). The van der Waals surface area contributed by atoms with Crippen LogP contribution in [0.15, 0.2) is 0 Å². The van der Waals surface area contributed by atoms with Crippen molar-refractivity contribution in [2.24, 2.45) is 0 Å². The Kier molecular flexibility index (Phi) is 1.93. The van der Waals surface area contributed by atoms with E-state index in [4.69, 9.17) is 23.2 Å². The van der Waals surface area contributed by atoms with Crippen molar-refractivity contribution in [3.05, 3.63) is 21.2 Å². The molecule has 0 saturated heterocycles. The molecule has 3 nitrogen and oxygen atoms in total. The van der Waals surface area contributed by atoms with Crippen molar-refractivity contribution in [2.45, 2.75) is 13.8 Å². The predicted molar refractivity (Wildman–Crippen MR) is 53.4 cm³/mol. The van der Waals surface area contributed by atoms with E-state index in [1.165, 1.54) is 0 Å². The summed E-state index contributed by atoms with van der Waals surface area (Å²) < 4.78 is 0. The van der Waals surface area contributed by atoms with E-state index in [0.717, 1.165) is 22.2 Å². The molecule has 0 bridgehead atoms. The third kappa shape index (κ3) is 1.11. The maximum absolute atomic E-state index is 6.01. The summed E-state index contributed by atoms with van der Waals surface area (Å²) in [5.74, 6) is 0. The van der Waals surface area contributed by atoms with Crippen LogP contribution in [0.3, 0.4) is 0 Å². The molecule has 68 valence electrons. The molecule has 1 aromatic carbocycles. The maximum atomic E-state index is 6.01. The summed E-state index contributed by atoms with van der Waals surface area (Å²) in [5, 5.41) is 11.7. The molecule has 1 aromatic heterocycles. The van der Waals surface area contributed by atoms with Gasteiger partial charge in [-0.05, 0) is 25.0 Å². The Labute approximate surface area is 85.0 Å². The van der Waals surface area contributed by atoms with Crippen molar-refractivity contribution in [1.82, 2.24) is 15.4 Å². The number of hydrogen-bond acceptors (Lipinski definition) is 2. The normalized spacial score (nSPS) is 11.1. The minimum atomic E-state index is 0.556. The molecule has 0 aliphatic heterocycles. The fraction of sp³-hybridized carbons (Fsp3) is 0.250. The highest BCUT2D eigenvalue weighted by Gasteiger charge is 2.14. The second-order valence-corrected chi connectivity index (χ2v) is 3.65. The highest BCUT2D eigenvalue weighted by atomic mass is 35.5. The van der Waals surface area contributed by atoms with Crippen molar-refractivity contribution >= 4 is 34.2 Å². The average molecular weight is 216 g/mol. The first kappa shape index (κ1) is 8.78. The number of nitrogens with one attached hydrogen (secondary N) is 1. The Morgan fingerprint density at radius 2 is 1.31 bits per heavy atom. The number of benzene rings is 1. The number of aromatic nitrogens is 3. The highest BCUT2D eigenvalue weighted by molar-refractivity contribution is 6.44. The highest BCUT2D eigenvalue weighted by Crippen LogP contribution is 2.34. The Morgan fingerprint density at radius 1 is 0.923 bits per heavy atom. The molecule has 1 N–H and O–H groups in total. The Bertz CT molecular complexity index is 434. The monoisotopic (exact) mass is 215 g/mol. The number of rotatable bonds is 0. The van der Waals surface area contributed by atoms with Gasteiger partial charge in [-0.2, -0.15) is 15.4 Å². The van der Waals surface area contributed by atoms with Crippen molar-refractivity contribution in [1.29, 1.82) is 0 Å². The van der Waals surface area contributed by atoms with E-state index in [0.29, 0.717) is 10.0 Å². The number of fused-ring (bicyclic) bond motifs is 1. The lowest BCUT2D eigenvalue weighted by Gasteiger charge is -2.04. The van der Waals surface area contributed by atoms with Crippen LogP contribution in [-0.4, -0.2) is 15.4 Å². The lowest BCUT2D eigenvalue weighted by atomic mass is 10.1. The fourth-order valence-electron chi connectivity index (χ4n) is 1.29. The Morgan fingerprint density at radius 3 is 1.69 bits per heavy atom. The first-order valence-electron chi connectivity index (χ1n) is 3.77. The van der Waals surface area contributed by atoms with Gasteiger partial charge < -0.3 is 0 Å². The van der Waals surface area contributed by atoms with E-state index in [9.17, 15) is 0 Å². The molecule has 1 heterocycles. The molecule has 0 atom stereocenters. The summed E-state index contributed by atoms with van der Waals surface area (Å²) in [6, 6.07) is 0. The number of nitrogens with zero attached hydrogens (tertiary/aromatic N) is 2. The molecule has 0 fully saturated rings. The lowest BCUT2D eigenvalue weighted by molar-refractivity contribution is 0.957. The molecule has 0 saturated carbocycles. The first-order valence-corrected chi connectivity index (χ1v) is 4.53. The van der Waals surface area contributed by atoms with Gasteiger partial charge in [0.1, 0.15) is 11.0 Å². The minimum absolute atomic E-state index is 0.556. The summed E-state index contributed by atoms with van der Waals surface area (Å²) in [4.78, 5) is 0. The maximum Gasteiger partial charge on any atom is 0.117 e. The molecule has 0 amide bonds. The van der Waals surface area contributed by atoms with Gasteiger partial charge in [0.05, 0.1) is 10.0 Å². The third-order valence-electron chi connectivity index (χ3n) is 2.11. The summed E-state index contributed by atoms with van der Waals surface area (Å²) in [6.45, 7) is 3.75. The SMILES string of the molecule is Cc1c(Cl)c(Cl)c(C)c2n[nH]nc12. The van der Waals surface area contributed by atoms with Crippen molar-refractivity contribution in [2.75, 3.05) is 0 Å². The molecular formula is C8H7Cl2N3. The van der Waals surface area contributed by atoms with E-state index in [1.54, 1.807) is 0 Å². The smallest absolute Gasteiger partial charge is 0.117 e. The van der Waals surface area contributed by atoms with E-state index in [-0.39, 0.29) is 0 Å². The number of aromatic amines is 1. The first-order chi connectivity index (χ1) is 6.13. The van der Waals surface area contributed by atoms with Gasteiger partial charge in [0.25, 0.3) is 0 Å². The number of hydrogen-bond donors (Lipinski definition) is 1. The lowest BCUT2D eigenvalue weighted by Crippen LogP contribution is -1.86. The van der Waals surface area contributed by atoms with Gasteiger partial charge in [-0.15, -0.1) is 0 Å². The fourth-order valence-corrected chi connectivity index (χ4v) is 1.75. The van der Waals surface area contributed by atoms with Gasteiger partial charge in [0.15, 0.2) is 0 Å². The zero-order chi connectivity index (χ0) is 9.59. The van der Waals surface area contributed by atoms with Gasteiger partial charge >= 0.3 is 0 Å². The van der Waals surface area contributed by atoms with Crippen LogP contribution in [-0.2, 0) is 0 Å². The average Bonchev–Trinajstić information content (AvgIpc) is 2.59. The Hall–Kier alpha value is -0.800. The zero-order valence-corrected chi connectivity index (χ0v) is 8.66. The quantitative estimate of drug-likeness (QED) is 0.735. The van der Waals surface area contributed by atoms with E-state index < -0.39 is 0 Å². The van der Waals surface area contributed by atoms with E-state index in [2.05, 4.69) is 15.4 Å². The van der Waals surface area contributed by atoms with E-state index in [1.807, 2.05) is 13.8 Å². The van der Waals surface area contributed by atoms with Crippen LogP contribution in [0.25, 0.3) is 11.0 Å². The van der Waals surface area contributed by atoms with Crippen molar-refractivity contribution in [3.63, 3.8) is 0 Å². The Balaban J connectivity index is 3.02. The molecular weight excluding hydrogens is 209 g/mol. The topological polar surface area (TPSA) is 41.6 Å². The second kappa shape index (κ2) is 2.86. The van der Waals surface area contributed by atoms with Crippen LogP contribution in [0.1, 0.15) is 11.1 Å². The molecule has 2 aromatic rings. The minimum Gasteiger partial charge on any atom is -0.197 e. The molecule has 0 aliphatic rings. The van der Waals surface area contributed by atoms with Crippen LogP contribution in [0.4, 0.5) is 0 Å². The van der Waals surface area contributed by atoms with Crippen LogP contribution in [0, 0.1) is 13.8 Å². The largest absolute Gasteiger partial charge is 0.197 e. The van der Waals surface area contributed by atoms with Gasteiger partial charge in [0.2, 0.25) is 0 Å². The predicted octanol–water partition coefficient (Wildman–Crippen LogP) is 2.88. The molecule has 0 spiro atoms. The number of halogens is 2. The van der Waals surface area contributed by atoms with Crippen LogP contribution in [0.5, 0.6) is 0 Å². The summed E-state index contributed by atoms with van der Waals surface area (Å²) >= 11 is 12.0. The van der Waals surface area contributed by atoms with Crippen molar-refractivity contribution < 1.29 is 0 Å². The zero-order valence-electron chi connectivity index (χ0n) is 7.15. The molecule has 0 aliphatic carbocycles. The standard InChI is InChI=1S/C8H7Cl2N3/c1-3-5(9)6(10)4(2)8-7(3)11-13-12-8/h1-2H3,(H,11,12,13). The summed E-state index contributed by atoms with van der Waals surface area (Å²) in [6.07, 6.45) is 0. The van der Waals surface area contributed by atoms with Gasteiger partial charge in [-0.3, -0.25) is 0 Å². The third-order valence-corrected chi connectivity index (χ3v) is 3.15. The molecule has 5 heteroatoms. The van der Waals surface area contributed by atoms with Gasteiger partial charge in [0, 0.05) is 0 Å².